The lowest BCUT2D eigenvalue weighted by atomic mass is 10.1. The third kappa shape index (κ3) is 4.25. The van der Waals surface area contributed by atoms with E-state index >= 15 is 0 Å². The highest BCUT2D eigenvalue weighted by Gasteiger charge is 2.20. The second-order valence-electron chi connectivity index (χ2n) is 8.61. The van der Waals surface area contributed by atoms with Crippen molar-refractivity contribution in [3.05, 3.63) is 71.1 Å². The predicted octanol–water partition coefficient (Wildman–Crippen LogP) is 3.73. The molecule has 0 aliphatic carbocycles. The van der Waals surface area contributed by atoms with E-state index in [2.05, 4.69) is 25.3 Å². The minimum Gasteiger partial charge on any atom is -0.420 e. The fourth-order valence-electron chi connectivity index (χ4n) is 4.28. The number of hydrogen-bond acceptors (Lipinski definition) is 7. The number of carbonyl (C=O) groups is 1. The molecule has 6 rings (SSSR count). The van der Waals surface area contributed by atoms with Gasteiger partial charge >= 0.3 is 0 Å². The Labute approximate surface area is 210 Å². The van der Waals surface area contributed by atoms with E-state index in [1.54, 1.807) is 40.3 Å². The highest BCUT2D eigenvalue weighted by Crippen LogP contribution is 2.31. The number of aryl methyl sites for hydroxylation is 1. The number of amides is 1. The molecule has 1 aliphatic heterocycles. The Morgan fingerprint density at radius 2 is 2.00 bits per heavy atom. The van der Waals surface area contributed by atoms with Gasteiger partial charge in [-0.1, -0.05) is 17.7 Å². The number of morpholine rings is 1. The number of halogens is 1. The molecule has 4 aromatic heterocycles. The number of rotatable bonds is 5. The monoisotopic (exact) mass is 503 g/mol. The van der Waals surface area contributed by atoms with Gasteiger partial charge in [-0.3, -0.25) is 9.48 Å². The van der Waals surface area contributed by atoms with Crippen molar-refractivity contribution in [1.82, 2.24) is 34.8 Å². The lowest BCUT2D eigenvalue weighted by Gasteiger charge is -2.27. The van der Waals surface area contributed by atoms with Crippen LogP contribution in [0.3, 0.4) is 0 Å². The Balaban J connectivity index is 1.23. The number of benzene rings is 1. The Bertz CT molecular complexity index is 1560. The molecular weight excluding hydrogens is 482 g/mol. The van der Waals surface area contributed by atoms with Crippen LogP contribution in [0.1, 0.15) is 21.8 Å². The number of carbonyl (C=O) groups excluding carboxylic acids is 1. The molecule has 0 saturated carbocycles. The van der Waals surface area contributed by atoms with Gasteiger partial charge in [-0.25, -0.2) is 4.98 Å². The molecule has 1 fully saturated rings. The zero-order valence-corrected chi connectivity index (χ0v) is 20.2. The Hall–Kier alpha value is -4.02. The summed E-state index contributed by atoms with van der Waals surface area (Å²) < 4.78 is 13.1. The molecule has 1 saturated heterocycles. The molecule has 1 aliphatic rings. The standard InChI is InChI=1S/C25H22ClN7O3/c1-32-14-18(12-29-32)17-8-19-20(13-28-23(19)27-11-17)24-31-30-22(36-24)10-15-2-3-16(9-21(15)26)25(34)33-4-6-35-7-5-33/h2-3,8-9,11-14H,4-7,10H2,1H3,(H,27,28). The molecule has 10 nitrogen and oxygen atoms in total. The Morgan fingerprint density at radius 1 is 1.14 bits per heavy atom. The first-order valence-corrected chi connectivity index (χ1v) is 11.9. The van der Waals surface area contributed by atoms with Crippen molar-refractivity contribution in [2.24, 2.45) is 7.05 Å². The molecule has 1 aromatic carbocycles. The second kappa shape index (κ2) is 9.21. The van der Waals surface area contributed by atoms with Gasteiger partial charge < -0.3 is 19.0 Å². The van der Waals surface area contributed by atoms with Gasteiger partial charge in [0.1, 0.15) is 5.65 Å². The normalized spacial score (nSPS) is 14.0. The lowest BCUT2D eigenvalue weighted by Crippen LogP contribution is -2.40. The van der Waals surface area contributed by atoms with Crippen LogP contribution in [0.4, 0.5) is 0 Å². The number of nitrogens with one attached hydrogen (secondary N) is 1. The summed E-state index contributed by atoms with van der Waals surface area (Å²) in [7, 11) is 1.87. The van der Waals surface area contributed by atoms with Gasteiger partial charge in [-0.2, -0.15) is 5.10 Å². The molecular formula is C25H22ClN7O3. The fourth-order valence-corrected chi connectivity index (χ4v) is 4.53. The molecule has 0 bridgehead atoms. The van der Waals surface area contributed by atoms with Gasteiger partial charge in [0.25, 0.3) is 5.91 Å². The van der Waals surface area contributed by atoms with Gasteiger partial charge in [-0.15, -0.1) is 10.2 Å². The van der Waals surface area contributed by atoms with Gasteiger partial charge in [0.2, 0.25) is 11.8 Å². The average Bonchev–Trinajstić information content (AvgIpc) is 3.64. The van der Waals surface area contributed by atoms with Crippen LogP contribution in [0, 0.1) is 0 Å². The number of fused-ring (bicyclic) bond motifs is 1. The van der Waals surface area contributed by atoms with Gasteiger partial charge in [0.05, 0.1) is 31.4 Å². The summed E-state index contributed by atoms with van der Waals surface area (Å²) in [4.78, 5) is 22.2. The average molecular weight is 504 g/mol. The van der Waals surface area contributed by atoms with E-state index in [0.717, 1.165) is 33.3 Å². The van der Waals surface area contributed by atoms with Gasteiger partial charge in [0.15, 0.2) is 0 Å². The van der Waals surface area contributed by atoms with Crippen molar-refractivity contribution >= 4 is 28.5 Å². The van der Waals surface area contributed by atoms with E-state index in [1.807, 2.05) is 25.4 Å². The molecule has 5 aromatic rings. The van der Waals surface area contributed by atoms with Crippen molar-refractivity contribution in [2.45, 2.75) is 6.42 Å². The van der Waals surface area contributed by atoms with E-state index in [1.165, 1.54) is 0 Å². The minimum absolute atomic E-state index is 0.0505. The van der Waals surface area contributed by atoms with Crippen molar-refractivity contribution in [2.75, 3.05) is 26.3 Å². The zero-order valence-electron chi connectivity index (χ0n) is 19.4. The van der Waals surface area contributed by atoms with E-state index in [0.29, 0.717) is 55.1 Å². The summed E-state index contributed by atoms with van der Waals surface area (Å²) in [6.07, 6.45) is 7.68. The van der Waals surface area contributed by atoms with Crippen molar-refractivity contribution in [1.29, 1.82) is 0 Å². The highest BCUT2D eigenvalue weighted by molar-refractivity contribution is 6.31. The Morgan fingerprint density at radius 3 is 2.78 bits per heavy atom. The highest BCUT2D eigenvalue weighted by atomic mass is 35.5. The van der Waals surface area contributed by atoms with Crippen LogP contribution in [0.2, 0.25) is 5.02 Å². The van der Waals surface area contributed by atoms with E-state index in [9.17, 15) is 4.79 Å². The van der Waals surface area contributed by atoms with E-state index in [4.69, 9.17) is 20.8 Å². The number of nitrogens with zero attached hydrogens (tertiary/aromatic N) is 6. The number of aromatic nitrogens is 6. The van der Waals surface area contributed by atoms with Crippen LogP contribution >= 0.6 is 11.6 Å². The molecule has 11 heteroatoms. The maximum absolute atomic E-state index is 12.7. The molecule has 182 valence electrons. The molecule has 1 N–H and O–H groups in total. The van der Waals surface area contributed by atoms with Crippen LogP contribution < -0.4 is 0 Å². The number of pyridine rings is 1. The Kier molecular flexibility index (Phi) is 5.74. The first kappa shape index (κ1) is 22.4. The zero-order chi connectivity index (χ0) is 24.6. The minimum atomic E-state index is -0.0505. The van der Waals surface area contributed by atoms with E-state index < -0.39 is 0 Å². The van der Waals surface area contributed by atoms with Crippen LogP contribution in [0.5, 0.6) is 0 Å². The van der Waals surface area contributed by atoms with Gasteiger partial charge in [0, 0.05) is 65.8 Å². The summed E-state index contributed by atoms with van der Waals surface area (Å²) in [5.74, 6) is 0.756. The maximum atomic E-state index is 12.7. The second-order valence-corrected chi connectivity index (χ2v) is 9.02. The van der Waals surface area contributed by atoms with Crippen LogP contribution in [0.15, 0.2) is 53.5 Å². The predicted molar refractivity (Wildman–Crippen MR) is 133 cm³/mol. The molecule has 0 atom stereocenters. The van der Waals surface area contributed by atoms with Crippen LogP contribution in [-0.4, -0.2) is 67.1 Å². The summed E-state index contributed by atoms with van der Waals surface area (Å²) in [6, 6.07) is 7.32. The number of ether oxygens (including phenoxy) is 1. The molecule has 0 radical (unpaired) electrons. The van der Waals surface area contributed by atoms with Crippen molar-refractivity contribution < 1.29 is 13.9 Å². The SMILES string of the molecule is Cn1cc(-c2cnc3[nH]cc(-c4nnc(Cc5ccc(C(=O)N6CCOCC6)cc5Cl)o4)c3c2)cn1. The number of hydrogen-bond donors (Lipinski definition) is 1. The summed E-state index contributed by atoms with van der Waals surface area (Å²) in [5, 5.41) is 14.1. The van der Waals surface area contributed by atoms with Crippen molar-refractivity contribution in [3.8, 4) is 22.6 Å². The summed E-state index contributed by atoms with van der Waals surface area (Å²) >= 11 is 6.52. The third-order valence-electron chi connectivity index (χ3n) is 6.21. The lowest BCUT2D eigenvalue weighted by molar-refractivity contribution is 0.0303. The molecule has 0 unspecified atom stereocenters. The summed E-state index contributed by atoms with van der Waals surface area (Å²) in [6.45, 7) is 2.26. The molecule has 1 amide bonds. The van der Waals surface area contributed by atoms with Crippen LogP contribution in [0.25, 0.3) is 33.6 Å². The number of H-pyrrole nitrogens is 1. The summed E-state index contributed by atoms with van der Waals surface area (Å²) in [5.41, 5.74) is 4.74. The van der Waals surface area contributed by atoms with Gasteiger partial charge in [-0.05, 0) is 23.8 Å². The first-order chi connectivity index (χ1) is 17.5. The number of aromatic amines is 1. The topological polar surface area (TPSA) is 115 Å². The molecule has 36 heavy (non-hydrogen) atoms. The first-order valence-electron chi connectivity index (χ1n) is 11.5. The van der Waals surface area contributed by atoms with Crippen LogP contribution in [-0.2, 0) is 18.2 Å². The largest absolute Gasteiger partial charge is 0.420 e. The molecule has 0 spiro atoms. The third-order valence-corrected chi connectivity index (χ3v) is 6.56. The molecule has 5 heterocycles. The van der Waals surface area contributed by atoms with E-state index in [-0.39, 0.29) is 5.91 Å². The quantitative estimate of drug-likeness (QED) is 0.388. The maximum Gasteiger partial charge on any atom is 0.254 e. The fraction of sp³-hybridized carbons (Fsp3) is 0.240. The smallest absolute Gasteiger partial charge is 0.254 e. The van der Waals surface area contributed by atoms with Crippen molar-refractivity contribution in [3.63, 3.8) is 0 Å².